The number of benzene rings is 2. The predicted molar refractivity (Wildman–Crippen MR) is 96.9 cm³/mol. The Kier molecular flexibility index (Phi) is 6.11. The fourth-order valence-electron chi connectivity index (χ4n) is 2.17. The standard InChI is InChI=1S/C18H20N2O2S/c1-13-4-3-5-14(12-13)10-11-19-18(23)20-16-8-6-15(7-9-16)17(21)22-2/h3-9,12H,10-11H2,1-2H3,(H2,19,20,23). The molecule has 0 aliphatic carbocycles. The molecule has 23 heavy (non-hydrogen) atoms. The lowest BCUT2D eigenvalue weighted by Crippen LogP contribution is -2.30. The normalized spacial score (nSPS) is 10.0. The van der Waals surface area contributed by atoms with Gasteiger partial charge in [0.15, 0.2) is 5.11 Å². The van der Waals surface area contributed by atoms with Crippen LogP contribution in [0, 0.1) is 6.92 Å². The van der Waals surface area contributed by atoms with Crippen LogP contribution in [0.1, 0.15) is 21.5 Å². The van der Waals surface area contributed by atoms with E-state index in [1.807, 2.05) is 0 Å². The van der Waals surface area contributed by atoms with Crippen LogP contribution in [0.25, 0.3) is 0 Å². The van der Waals surface area contributed by atoms with Crippen molar-refractivity contribution in [2.75, 3.05) is 19.0 Å². The minimum absolute atomic E-state index is 0.351. The fraction of sp³-hybridized carbons (Fsp3) is 0.222. The quantitative estimate of drug-likeness (QED) is 0.651. The number of hydrogen-bond donors (Lipinski definition) is 2. The van der Waals surface area contributed by atoms with Gasteiger partial charge in [0, 0.05) is 12.2 Å². The molecule has 0 bridgehead atoms. The molecule has 4 nitrogen and oxygen atoms in total. The molecule has 0 unspecified atom stereocenters. The van der Waals surface area contributed by atoms with Gasteiger partial charge in [0.1, 0.15) is 0 Å². The molecule has 0 heterocycles. The van der Waals surface area contributed by atoms with Crippen LogP contribution >= 0.6 is 12.2 Å². The molecule has 0 spiro atoms. The Balaban J connectivity index is 1.79. The maximum Gasteiger partial charge on any atom is 0.337 e. The summed E-state index contributed by atoms with van der Waals surface area (Å²) in [6.45, 7) is 2.84. The highest BCUT2D eigenvalue weighted by molar-refractivity contribution is 7.80. The molecule has 2 aromatic rings. The molecule has 0 saturated heterocycles. The molecule has 120 valence electrons. The van der Waals surface area contributed by atoms with Crippen molar-refractivity contribution in [2.45, 2.75) is 13.3 Å². The Labute approximate surface area is 141 Å². The van der Waals surface area contributed by atoms with Crippen molar-refractivity contribution in [3.05, 3.63) is 65.2 Å². The highest BCUT2D eigenvalue weighted by Gasteiger charge is 2.04. The van der Waals surface area contributed by atoms with Crippen LogP contribution in [-0.2, 0) is 11.2 Å². The second-order valence-corrected chi connectivity index (χ2v) is 5.60. The summed E-state index contributed by atoms with van der Waals surface area (Å²) in [5.74, 6) is -0.351. The molecule has 0 amide bonds. The Bertz CT molecular complexity index is 684. The van der Waals surface area contributed by atoms with Gasteiger partial charge in [-0.3, -0.25) is 0 Å². The van der Waals surface area contributed by atoms with Crippen molar-refractivity contribution in [3.8, 4) is 0 Å². The van der Waals surface area contributed by atoms with Gasteiger partial charge < -0.3 is 15.4 Å². The Morgan fingerprint density at radius 1 is 1.17 bits per heavy atom. The second-order valence-electron chi connectivity index (χ2n) is 5.19. The smallest absolute Gasteiger partial charge is 0.337 e. The minimum Gasteiger partial charge on any atom is -0.465 e. The first kappa shape index (κ1) is 17.0. The van der Waals surface area contributed by atoms with Crippen LogP contribution in [0.15, 0.2) is 48.5 Å². The third-order valence-corrected chi connectivity index (χ3v) is 3.59. The number of methoxy groups -OCH3 is 1. The molecule has 2 aromatic carbocycles. The Morgan fingerprint density at radius 2 is 1.91 bits per heavy atom. The number of anilines is 1. The fourth-order valence-corrected chi connectivity index (χ4v) is 2.39. The number of aryl methyl sites for hydroxylation is 1. The molecular formula is C18H20N2O2S. The van der Waals surface area contributed by atoms with E-state index < -0.39 is 0 Å². The van der Waals surface area contributed by atoms with Crippen molar-refractivity contribution < 1.29 is 9.53 Å². The van der Waals surface area contributed by atoms with E-state index in [-0.39, 0.29) is 5.97 Å². The number of carbonyl (C=O) groups is 1. The van der Waals surface area contributed by atoms with Crippen LogP contribution in [0.2, 0.25) is 0 Å². The molecule has 0 fully saturated rings. The van der Waals surface area contributed by atoms with Gasteiger partial charge >= 0.3 is 5.97 Å². The van der Waals surface area contributed by atoms with Gasteiger partial charge in [-0.15, -0.1) is 0 Å². The zero-order valence-electron chi connectivity index (χ0n) is 13.3. The molecule has 0 aliphatic heterocycles. The van der Waals surface area contributed by atoms with Crippen molar-refractivity contribution in [3.63, 3.8) is 0 Å². The Hall–Kier alpha value is -2.40. The molecule has 2 rings (SSSR count). The molecule has 0 radical (unpaired) electrons. The minimum atomic E-state index is -0.351. The number of nitrogens with one attached hydrogen (secondary N) is 2. The summed E-state index contributed by atoms with van der Waals surface area (Å²) in [7, 11) is 1.36. The van der Waals surface area contributed by atoms with Gasteiger partial charge in [0.25, 0.3) is 0 Å². The molecule has 5 heteroatoms. The van der Waals surface area contributed by atoms with E-state index in [9.17, 15) is 4.79 Å². The van der Waals surface area contributed by atoms with Crippen molar-refractivity contribution in [2.24, 2.45) is 0 Å². The SMILES string of the molecule is COC(=O)c1ccc(NC(=S)NCCc2cccc(C)c2)cc1. The number of ether oxygens (including phenoxy) is 1. The highest BCUT2D eigenvalue weighted by atomic mass is 32.1. The average molecular weight is 328 g/mol. The maximum atomic E-state index is 11.4. The molecule has 0 aliphatic rings. The van der Waals surface area contributed by atoms with E-state index >= 15 is 0 Å². The number of hydrogen-bond acceptors (Lipinski definition) is 3. The Morgan fingerprint density at radius 3 is 2.57 bits per heavy atom. The zero-order chi connectivity index (χ0) is 16.7. The third kappa shape index (κ3) is 5.38. The van der Waals surface area contributed by atoms with Gasteiger partial charge in [-0.05, 0) is 55.4 Å². The summed E-state index contributed by atoms with van der Waals surface area (Å²) >= 11 is 5.27. The largest absolute Gasteiger partial charge is 0.465 e. The number of thiocarbonyl (C=S) groups is 1. The summed E-state index contributed by atoms with van der Waals surface area (Å²) in [5, 5.41) is 6.83. The molecular weight excluding hydrogens is 308 g/mol. The summed E-state index contributed by atoms with van der Waals surface area (Å²) < 4.78 is 4.66. The lowest BCUT2D eigenvalue weighted by Gasteiger charge is -2.11. The van der Waals surface area contributed by atoms with Crippen LogP contribution in [0.5, 0.6) is 0 Å². The van der Waals surface area contributed by atoms with E-state index in [1.165, 1.54) is 18.2 Å². The van der Waals surface area contributed by atoms with Gasteiger partial charge in [-0.25, -0.2) is 4.79 Å². The monoisotopic (exact) mass is 328 g/mol. The highest BCUT2D eigenvalue weighted by Crippen LogP contribution is 2.10. The predicted octanol–water partition coefficient (Wildman–Crippen LogP) is 3.31. The van der Waals surface area contributed by atoms with E-state index in [4.69, 9.17) is 12.2 Å². The molecule has 0 aromatic heterocycles. The lowest BCUT2D eigenvalue weighted by molar-refractivity contribution is 0.0601. The van der Waals surface area contributed by atoms with Crippen LogP contribution in [-0.4, -0.2) is 24.7 Å². The van der Waals surface area contributed by atoms with Crippen LogP contribution in [0.3, 0.4) is 0 Å². The summed E-state index contributed by atoms with van der Waals surface area (Å²) in [4.78, 5) is 11.4. The number of rotatable bonds is 5. The topological polar surface area (TPSA) is 50.4 Å². The van der Waals surface area contributed by atoms with E-state index in [0.29, 0.717) is 10.7 Å². The number of carbonyl (C=O) groups excluding carboxylic acids is 1. The van der Waals surface area contributed by atoms with Gasteiger partial charge in [0.05, 0.1) is 12.7 Å². The first-order valence-corrected chi connectivity index (χ1v) is 7.78. The van der Waals surface area contributed by atoms with Crippen molar-refractivity contribution in [1.82, 2.24) is 5.32 Å². The third-order valence-electron chi connectivity index (χ3n) is 3.35. The molecule has 0 atom stereocenters. The second kappa shape index (κ2) is 8.29. The van der Waals surface area contributed by atoms with E-state index in [0.717, 1.165) is 18.7 Å². The first-order chi connectivity index (χ1) is 11.1. The zero-order valence-corrected chi connectivity index (χ0v) is 14.1. The van der Waals surface area contributed by atoms with Crippen LogP contribution in [0.4, 0.5) is 5.69 Å². The maximum absolute atomic E-state index is 11.4. The van der Waals surface area contributed by atoms with Gasteiger partial charge in [-0.2, -0.15) is 0 Å². The summed E-state index contributed by atoms with van der Waals surface area (Å²) in [5.41, 5.74) is 3.87. The van der Waals surface area contributed by atoms with Gasteiger partial charge in [0.2, 0.25) is 0 Å². The molecule has 0 saturated carbocycles. The van der Waals surface area contributed by atoms with E-state index in [2.05, 4.69) is 46.6 Å². The van der Waals surface area contributed by atoms with E-state index in [1.54, 1.807) is 24.3 Å². The van der Waals surface area contributed by atoms with Crippen molar-refractivity contribution in [1.29, 1.82) is 0 Å². The van der Waals surface area contributed by atoms with Crippen LogP contribution < -0.4 is 10.6 Å². The summed E-state index contributed by atoms with van der Waals surface area (Å²) in [6.07, 6.45) is 0.908. The number of esters is 1. The van der Waals surface area contributed by atoms with Gasteiger partial charge in [-0.1, -0.05) is 29.8 Å². The average Bonchev–Trinajstić information content (AvgIpc) is 2.55. The summed E-state index contributed by atoms with van der Waals surface area (Å²) in [6, 6.07) is 15.4. The molecule has 2 N–H and O–H groups in total. The lowest BCUT2D eigenvalue weighted by atomic mass is 10.1. The van der Waals surface area contributed by atoms with Crippen molar-refractivity contribution >= 4 is 29.0 Å². The first-order valence-electron chi connectivity index (χ1n) is 7.37.